The van der Waals surface area contributed by atoms with Crippen molar-refractivity contribution in [1.29, 1.82) is 0 Å². The number of ether oxygens (including phenoxy) is 4. The molecule has 3 heterocycles. The van der Waals surface area contributed by atoms with Gasteiger partial charge in [-0.25, -0.2) is 0 Å². The Kier molecular flexibility index (Phi) is 13.5. The van der Waals surface area contributed by atoms with E-state index >= 15 is 0 Å². The highest BCUT2D eigenvalue weighted by Crippen LogP contribution is 2.43. The Balaban J connectivity index is 1.00. The first-order chi connectivity index (χ1) is 30.1. The van der Waals surface area contributed by atoms with Gasteiger partial charge in [-0.15, -0.1) is 0 Å². The molecular formula is C51H51Cl2N3O6. The predicted octanol–water partition coefficient (Wildman–Crippen LogP) is 10.3. The standard InChI is InChI=1S/C51H51Cl2N3O6/c1-5-45(36-9-7-6-8-10-36)56-28-39-27-48-47(61-30-49(62-48)37-16-18-40(19-17-37)60-29-34-13-20-42(52)43(53)23-34)26-38(39)25-46(56)50(57)55-44(51(58)59-4)24-33-11-14-35(15-12-33)41-21-22-54-32(3)31(41)2/h6-23,26-27,44-46,49,51,58H,5,24-25,28-30H2,1-4H3,(H,55,57)/t44-,45?,46-,49+,51?/m0/s1. The molecule has 6 aromatic rings. The summed E-state index contributed by atoms with van der Waals surface area (Å²) in [4.78, 5) is 21.3. The van der Waals surface area contributed by atoms with E-state index in [9.17, 15) is 9.90 Å². The largest absolute Gasteiger partial charge is 0.489 e. The van der Waals surface area contributed by atoms with Crippen LogP contribution in [0.2, 0.25) is 10.0 Å². The second kappa shape index (κ2) is 19.3. The number of aliphatic hydroxyl groups excluding tert-OH is 1. The molecule has 0 fully saturated rings. The maximum atomic E-state index is 14.7. The van der Waals surface area contributed by atoms with E-state index in [4.69, 9.17) is 42.1 Å². The van der Waals surface area contributed by atoms with Gasteiger partial charge in [0.2, 0.25) is 5.91 Å². The zero-order valence-corrected chi connectivity index (χ0v) is 36.8. The molecule has 0 saturated heterocycles. The van der Waals surface area contributed by atoms with Crippen LogP contribution in [-0.4, -0.2) is 53.0 Å². The SMILES string of the molecule is CCC(c1ccccc1)N1Cc2cc3c(cc2C[C@H]1C(=O)N[C@@H](Cc1ccc(-c2ccnc(C)c2C)cc1)C(O)OC)OC[C@H](c1ccc(OCc2ccc(Cl)c(Cl)c2)cc1)O3. The van der Waals surface area contributed by atoms with Gasteiger partial charge in [0.1, 0.15) is 19.0 Å². The van der Waals surface area contributed by atoms with Gasteiger partial charge in [-0.05, 0) is 126 Å². The molecule has 11 heteroatoms. The van der Waals surface area contributed by atoms with Crippen molar-refractivity contribution in [2.45, 2.75) is 83.7 Å². The molecule has 1 aromatic heterocycles. The molecule has 0 bridgehead atoms. The summed E-state index contributed by atoms with van der Waals surface area (Å²) in [6.45, 7) is 7.44. The van der Waals surface area contributed by atoms with Crippen LogP contribution in [0.25, 0.3) is 11.1 Å². The number of aliphatic hydroxyl groups is 1. The normalized spacial score (nSPS) is 17.4. The average Bonchev–Trinajstić information content (AvgIpc) is 3.29. The van der Waals surface area contributed by atoms with Crippen LogP contribution in [0.5, 0.6) is 17.2 Å². The highest BCUT2D eigenvalue weighted by atomic mass is 35.5. The topological polar surface area (TPSA) is 102 Å². The molecule has 0 saturated carbocycles. The first kappa shape index (κ1) is 43.2. The van der Waals surface area contributed by atoms with Crippen molar-refractivity contribution in [2.75, 3.05) is 13.7 Å². The van der Waals surface area contributed by atoms with E-state index in [1.165, 1.54) is 7.11 Å². The van der Waals surface area contributed by atoms with Crippen molar-refractivity contribution >= 4 is 29.1 Å². The lowest BCUT2D eigenvalue weighted by molar-refractivity contribution is -0.136. The van der Waals surface area contributed by atoms with E-state index in [2.05, 4.69) is 59.4 Å². The third kappa shape index (κ3) is 9.63. The third-order valence-electron chi connectivity index (χ3n) is 12.1. The minimum absolute atomic E-state index is 0.0444. The number of benzene rings is 5. The second-order valence-electron chi connectivity index (χ2n) is 16.0. The van der Waals surface area contributed by atoms with Crippen molar-refractivity contribution in [3.63, 3.8) is 0 Å². The summed E-state index contributed by atoms with van der Waals surface area (Å²) in [6, 6.07) is 36.7. The van der Waals surface area contributed by atoms with E-state index in [0.29, 0.717) is 54.1 Å². The molecule has 62 heavy (non-hydrogen) atoms. The number of nitrogens with one attached hydrogen (secondary N) is 1. The molecule has 2 N–H and O–H groups in total. The van der Waals surface area contributed by atoms with Crippen LogP contribution >= 0.6 is 23.2 Å². The summed E-state index contributed by atoms with van der Waals surface area (Å²) in [5.74, 6) is 1.86. The van der Waals surface area contributed by atoms with Crippen molar-refractivity contribution in [1.82, 2.24) is 15.2 Å². The number of hydrogen-bond donors (Lipinski definition) is 2. The van der Waals surface area contributed by atoms with Crippen molar-refractivity contribution in [3.05, 3.63) is 176 Å². The number of amides is 1. The Labute approximate surface area is 373 Å². The van der Waals surface area contributed by atoms with Crippen LogP contribution in [0.15, 0.2) is 121 Å². The van der Waals surface area contributed by atoms with Gasteiger partial charge in [-0.1, -0.05) is 103 Å². The van der Waals surface area contributed by atoms with Crippen LogP contribution in [0.1, 0.15) is 70.1 Å². The summed E-state index contributed by atoms with van der Waals surface area (Å²) in [5, 5.41) is 15.3. The minimum Gasteiger partial charge on any atom is -0.489 e. The van der Waals surface area contributed by atoms with E-state index in [-0.39, 0.29) is 18.1 Å². The summed E-state index contributed by atoms with van der Waals surface area (Å²) < 4.78 is 24.4. The number of carbonyl (C=O) groups excluding carboxylic acids is 1. The lowest BCUT2D eigenvalue weighted by Gasteiger charge is -2.42. The van der Waals surface area contributed by atoms with Gasteiger partial charge in [-0.2, -0.15) is 0 Å². The molecule has 8 rings (SSSR count). The van der Waals surface area contributed by atoms with Crippen LogP contribution in [0.3, 0.4) is 0 Å². The van der Waals surface area contributed by atoms with E-state index in [1.54, 1.807) is 12.1 Å². The Bertz CT molecular complexity index is 2500. The summed E-state index contributed by atoms with van der Waals surface area (Å²) in [7, 11) is 1.45. The number of fused-ring (bicyclic) bond motifs is 2. The van der Waals surface area contributed by atoms with Gasteiger partial charge >= 0.3 is 0 Å². The van der Waals surface area contributed by atoms with Crippen LogP contribution in [-0.2, 0) is 35.5 Å². The van der Waals surface area contributed by atoms with E-state index in [1.807, 2.05) is 85.9 Å². The zero-order valence-electron chi connectivity index (χ0n) is 35.3. The van der Waals surface area contributed by atoms with Crippen molar-refractivity contribution in [2.24, 2.45) is 0 Å². The van der Waals surface area contributed by atoms with Crippen LogP contribution < -0.4 is 19.5 Å². The smallest absolute Gasteiger partial charge is 0.238 e. The highest BCUT2D eigenvalue weighted by Gasteiger charge is 2.39. The number of rotatable bonds is 14. The first-order valence-electron chi connectivity index (χ1n) is 21.0. The monoisotopic (exact) mass is 871 g/mol. The fourth-order valence-corrected chi connectivity index (χ4v) is 8.83. The number of aromatic nitrogens is 1. The number of pyridine rings is 1. The summed E-state index contributed by atoms with van der Waals surface area (Å²) in [6.07, 6.45) is 1.90. The Morgan fingerprint density at radius 3 is 2.37 bits per heavy atom. The highest BCUT2D eigenvalue weighted by molar-refractivity contribution is 6.42. The average molecular weight is 873 g/mol. The molecule has 1 amide bonds. The number of hydrogen-bond acceptors (Lipinski definition) is 8. The molecular weight excluding hydrogens is 821 g/mol. The number of aryl methyl sites for hydroxylation is 1. The number of methoxy groups -OCH3 is 1. The van der Waals surface area contributed by atoms with Crippen LogP contribution in [0, 0.1) is 13.8 Å². The van der Waals surface area contributed by atoms with Crippen molar-refractivity contribution < 1.29 is 28.8 Å². The predicted molar refractivity (Wildman–Crippen MR) is 243 cm³/mol. The minimum atomic E-state index is -1.22. The molecule has 0 aliphatic carbocycles. The lowest BCUT2D eigenvalue weighted by atomic mass is 9.89. The molecule has 5 atom stereocenters. The van der Waals surface area contributed by atoms with Gasteiger partial charge < -0.3 is 29.4 Å². The molecule has 0 radical (unpaired) electrons. The number of halogens is 2. The summed E-state index contributed by atoms with van der Waals surface area (Å²) in [5.41, 5.74) is 10.4. The fourth-order valence-electron chi connectivity index (χ4n) is 8.51. The van der Waals surface area contributed by atoms with Crippen LogP contribution in [0.4, 0.5) is 0 Å². The lowest BCUT2D eigenvalue weighted by Crippen LogP contribution is -2.56. The molecule has 320 valence electrons. The van der Waals surface area contributed by atoms with Gasteiger partial charge in [0.15, 0.2) is 23.9 Å². The molecule has 9 nitrogen and oxygen atoms in total. The Hall–Kier alpha value is -5.42. The maximum Gasteiger partial charge on any atom is 0.238 e. The molecule has 5 aromatic carbocycles. The zero-order chi connectivity index (χ0) is 43.3. The molecule has 0 spiro atoms. The van der Waals surface area contributed by atoms with Gasteiger partial charge in [0.25, 0.3) is 0 Å². The number of nitrogens with zero attached hydrogens (tertiary/aromatic N) is 2. The maximum absolute atomic E-state index is 14.7. The van der Waals surface area contributed by atoms with Gasteiger partial charge in [0, 0.05) is 31.6 Å². The van der Waals surface area contributed by atoms with Gasteiger partial charge in [-0.3, -0.25) is 14.7 Å². The van der Waals surface area contributed by atoms with Crippen molar-refractivity contribution in [3.8, 4) is 28.4 Å². The quantitative estimate of drug-likeness (QED) is 0.104. The van der Waals surface area contributed by atoms with E-state index in [0.717, 1.165) is 67.9 Å². The second-order valence-corrected chi connectivity index (χ2v) is 16.8. The third-order valence-corrected chi connectivity index (χ3v) is 12.8. The Morgan fingerprint density at radius 2 is 1.65 bits per heavy atom. The molecule has 2 aliphatic rings. The first-order valence-corrected chi connectivity index (χ1v) is 21.8. The Morgan fingerprint density at radius 1 is 0.903 bits per heavy atom. The summed E-state index contributed by atoms with van der Waals surface area (Å²) >= 11 is 12.2. The molecule has 2 unspecified atom stereocenters. The number of carbonyl (C=O) groups is 1. The van der Waals surface area contributed by atoms with E-state index < -0.39 is 18.4 Å². The van der Waals surface area contributed by atoms with Gasteiger partial charge in [0.05, 0.1) is 22.1 Å². The molecule has 2 aliphatic heterocycles. The fraction of sp³-hybridized carbons (Fsp3) is 0.294.